The molecule has 0 aliphatic carbocycles. The Kier molecular flexibility index (Phi) is 3.64. The predicted molar refractivity (Wildman–Crippen MR) is 74.9 cm³/mol. The van der Waals surface area contributed by atoms with E-state index in [0.29, 0.717) is 6.04 Å². The first kappa shape index (κ1) is 11.9. The van der Waals surface area contributed by atoms with Gasteiger partial charge >= 0.3 is 0 Å². The quantitative estimate of drug-likeness (QED) is 0.897. The van der Waals surface area contributed by atoms with Gasteiger partial charge in [-0.05, 0) is 31.2 Å². The van der Waals surface area contributed by atoms with E-state index in [1.54, 1.807) is 11.3 Å². The third-order valence-corrected chi connectivity index (χ3v) is 3.60. The summed E-state index contributed by atoms with van der Waals surface area (Å²) in [6, 6.07) is 8.73. The van der Waals surface area contributed by atoms with Crippen molar-refractivity contribution >= 4 is 22.7 Å². The molecule has 0 saturated carbocycles. The second-order valence-corrected chi connectivity index (χ2v) is 5.13. The lowest BCUT2D eigenvalue weighted by Gasteiger charge is -2.16. The molecule has 3 nitrogen and oxygen atoms in total. The summed E-state index contributed by atoms with van der Waals surface area (Å²) in [5.74, 6) is 0. The van der Waals surface area contributed by atoms with Crippen molar-refractivity contribution in [1.82, 2.24) is 4.98 Å². The highest BCUT2D eigenvalue weighted by atomic mass is 32.1. The highest BCUT2D eigenvalue weighted by Gasteiger charge is 2.06. The van der Waals surface area contributed by atoms with E-state index in [1.165, 1.54) is 10.6 Å². The van der Waals surface area contributed by atoms with Gasteiger partial charge in [-0.2, -0.15) is 0 Å². The first-order chi connectivity index (χ1) is 8.16. The van der Waals surface area contributed by atoms with Gasteiger partial charge in [0, 0.05) is 36.5 Å². The van der Waals surface area contributed by atoms with Gasteiger partial charge in [-0.25, -0.2) is 0 Å². The van der Waals surface area contributed by atoms with Crippen molar-refractivity contribution in [2.45, 2.75) is 13.0 Å². The third-order valence-electron chi connectivity index (χ3n) is 2.65. The van der Waals surface area contributed by atoms with E-state index >= 15 is 0 Å². The van der Waals surface area contributed by atoms with E-state index in [0.717, 1.165) is 5.69 Å². The summed E-state index contributed by atoms with van der Waals surface area (Å²) in [5.41, 5.74) is 4.21. The van der Waals surface area contributed by atoms with Crippen molar-refractivity contribution in [3.63, 3.8) is 0 Å². The Morgan fingerprint density at radius 2 is 1.94 bits per heavy atom. The molecule has 0 amide bonds. The molecule has 4 heteroatoms. The van der Waals surface area contributed by atoms with Crippen molar-refractivity contribution in [3.05, 3.63) is 40.8 Å². The first-order valence-electron chi connectivity index (χ1n) is 5.59. The van der Waals surface area contributed by atoms with E-state index in [9.17, 15) is 0 Å². The molecular formula is C13H17N3S. The van der Waals surface area contributed by atoms with Gasteiger partial charge in [-0.15, -0.1) is 11.3 Å². The molecule has 1 heterocycles. The van der Waals surface area contributed by atoms with Crippen LogP contribution in [0.25, 0.3) is 0 Å². The van der Waals surface area contributed by atoms with Gasteiger partial charge in [0.1, 0.15) is 0 Å². The van der Waals surface area contributed by atoms with E-state index in [1.807, 2.05) is 25.8 Å². The fraction of sp³-hybridized carbons (Fsp3) is 0.308. The SMILES string of the molecule is CC(Nc1ccc(N(C)C)cc1)c1cncs1. The molecule has 1 unspecified atom stereocenters. The largest absolute Gasteiger partial charge is 0.378 e. The van der Waals surface area contributed by atoms with Crippen LogP contribution in [0.2, 0.25) is 0 Å². The van der Waals surface area contributed by atoms with Crippen LogP contribution in [0, 0.1) is 0 Å². The number of hydrogen-bond acceptors (Lipinski definition) is 4. The van der Waals surface area contributed by atoms with Gasteiger partial charge in [-0.1, -0.05) is 0 Å². The van der Waals surface area contributed by atoms with E-state index in [4.69, 9.17) is 0 Å². The lowest BCUT2D eigenvalue weighted by molar-refractivity contribution is 0.903. The van der Waals surface area contributed by atoms with Gasteiger partial charge in [0.15, 0.2) is 0 Å². The molecule has 17 heavy (non-hydrogen) atoms. The van der Waals surface area contributed by atoms with Crippen LogP contribution in [0.1, 0.15) is 17.8 Å². The Morgan fingerprint density at radius 3 is 2.47 bits per heavy atom. The van der Waals surface area contributed by atoms with Crippen LogP contribution in [-0.4, -0.2) is 19.1 Å². The maximum atomic E-state index is 4.09. The Bertz CT molecular complexity index is 448. The molecular weight excluding hydrogens is 230 g/mol. The summed E-state index contributed by atoms with van der Waals surface area (Å²) in [7, 11) is 4.09. The monoisotopic (exact) mass is 247 g/mol. The van der Waals surface area contributed by atoms with Gasteiger partial charge < -0.3 is 10.2 Å². The lowest BCUT2D eigenvalue weighted by Crippen LogP contribution is -2.09. The van der Waals surface area contributed by atoms with Crippen LogP contribution in [0.5, 0.6) is 0 Å². The number of nitrogens with one attached hydrogen (secondary N) is 1. The molecule has 1 aromatic carbocycles. The van der Waals surface area contributed by atoms with E-state index in [2.05, 4.69) is 46.4 Å². The number of aromatic nitrogens is 1. The molecule has 1 aromatic heterocycles. The van der Waals surface area contributed by atoms with Crippen molar-refractivity contribution in [2.24, 2.45) is 0 Å². The molecule has 0 fully saturated rings. The number of thiazole rings is 1. The highest BCUT2D eigenvalue weighted by molar-refractivity contribution is 7.09. The molecule has 0 radical (unpaired) electrons. The molecule has 0 aliphatic heterocycles. The number of nitrogens with zero attached hydrogens (tertiary/aromatic N) is 2. The minimum Gasteiger partial charge on any atom is -0.378 e. The average Bonchev–Trinajstić information content (AvgIpc) is 2.83. The van der Waals surface area contributed by atoms with Crippen LogP contribution in [0.15, 0.2) is 36.0 Å². The minimum absolute atomic E-state index is 0.299. The van der Waals surface area contributed by atoms with Crippen molar-refractivity contribution < 1.29 is 0 Å². The van der Waals surface area contributed by atoms with E-state index < -0.39 is 0 Å². The van der Waals surface area contributed by atoms with Crippen molar-refractivity contribution in [1.29, 1.82) is 0 Å². The maximum absolute atomic E-state index is 4.09. The van der Waals surface area contributed by atoms with Crippen molar-refractivity contribution in [3.8, 4) is 0 Å². The summed E-state index contributed by atoms with van der Waals surface area (Å²) in [6.45, 7) is 2.15. The minimum atomic E-state index is 0.299. The van der Waals surface area contributed by atoms with Gasteiger partial charge in [0.05, 0.1) is 11.6 Å². The standard InChI is InChI=1S/C13H17N3S/c1-10(13-8-14-9-17-13)15-11-4-6-12(7-5-11)16(2)3/h4-10,15H,1-3H3. The van der Waals surface area contributed by atoms with Crippen LogP contribution in [-0.2, 0) is 0 Å². The van der Waals surface area contributed by atoms with Crippen LogP contribution < -0.4 is 10.2 Å². The number of benzene rings is 1. The van der Waals surface area contributed by atoms with Crippen molar-refractivity contribution in [2.75, 3.05) is 24.3 Å². The molecule has 2 rings (SSSR count). The second kappa shape index (κ2) is 5.19. The summed E-state index contributed by atoms with van der Waals surface area (Å²) in [5, 5.41) is 3.46. The van der Waals surface area contributed by atoms with Gasteiger partial charge in [0.2, 0.25) is 0 Å². The average molecular weight is 247 g/mol. The normalized spacial score (nSPS) is 12.2. The van der Waals surface area contributed by atoms with Crippen LogP contribution >= 0.6 is 11.3 Å². The zero-order valence-corrected chi connectivity index (χ0v) is 11.2. The molecule has 0 spiro atoms. The van der Waals surface area contributed by atoms with Crippen LogP contribution in [0.3, 0.4) is 0 Å². The predicted octanol–water partition coefficient (Wildman–Crippen LogP) is 3.38. The van der Waals surface area contributed by atoms with Gasteiger partial charge in [-0.3, -0.25) is 4.98 Å². The zero-order chi connectivity index (χ0) is 12.3. The molecule has 0 bridgehead atoms. The molecule has 0 aliphatic rings. The Labute approximate surface area is 106 Å². The summed E-state index contributed by atoms with van der Waals surface area (Å²) < 4.78 is 0. The smallest absolute Gasteiger partial charge is 0.0795 e. The van der Waals surface area contributed by atoms with Crippen LogP contribution in [0.4, 0.5) is 11.4 Å². The molecule has 2 aromatic rings. The Balaban J connectivity index is 2.04. The number of anilines is 2. The fourth-order valence-corrected chi connectivity index (χ4v) is 2.24. The number of rotatable bonds is 4. The topological polar surface area (TPSA) is 28.2 Å². The Hall–Kier alpha value is -1.55. The molecule has 90 valence electrons. The lowest BCUT2D eigenvalue weighted by atomic mass is 10.2. The van der Waals surface area contributed by atoms with Gasteiger partial charge in [0.25, 0.3) is 0 Å². The molecule has 1 atom stereocenters. The molecule has 1 N–H and O–H groups in total. The molecule has 0 saturated heterocycles. The third kappa shape index (κ3) is 2.97. The Morgan fingerprint density at radius 1 is 1.24 bits per heavy atom. The maximum Gasteiger partial charge on any atom is 0.0795 e. The summed E-state index contributed by atoms with van der Waals surface area (Å²) in [6.07, 6.45) is 1.91. The van der Waals surface area contributed by atoms with E-state index in [-0.39, 0.29) is 0 Å². The highest BCUT2D eigenvalue weighted by Crippen LogP contribution is 2.23. The second-order valence-electron chi connectivity index (χ2n) is 4.21. The fourth-order valence-electron chi connectivity index (χ4n) is 1.62. The zero-order valence-electron chi connectivity index (χ0n) is 10.3. The summed E-state index contributed by atoms with van der Waals surface area (Å²) in [4.78, 5) is 7.44. The summed E-state index contributed by atoms with van der Waals surface area (Å²) >= 11 is 1.68. The first-order valence-corrected chi connectivity index (χ1v) is 6.47. The number of hydrogen-bond donors (Lipinski definition) is 1.